The topological polar surface area (TPSA) is 113 Å². The van der Waals surface area contributed by atoms with Crippen molar-refractivity contribution in [1.82, 2.24) is 5.32 Å². The van der Waals surface area contributed by atoms with E-state index in [0.29, 0.717) is 11.5 Å². The SMILES string of the molecule is CON=C(C(=O)CNC(=O)OCOC(C)=O)c1ccccc1COc1cccc(C2CC2C2CC2)c1. The number of hydrogen-bond donors (Lipinski definition) is 1. The largest absolute Gasteiger partial charge is 0.489 e. The summed E-state index contributed by atoms with van der Waals surface area (Å²) in [5.74, 6) is 2.07. The summed E-state index contributed by atoms with van der Waals surface area (Å²) in [7, 11) is 1.34. The number of hydrogen-bond acceptors (Lipinski definition) is 8. The first-order valence-electron chi connectivity index (χ1n) is 12.0. The monoisotopic (exact) mass is 494 g/mol. The van der Waals surface area contributed by atoms with E-state index in [1.807, 2.05) is 24.3 Å². The van der Waals surface area contributed by atoms with Crippen LogP contribution in [0.25, 0.3) is 0 Å². The molecule has 2 aliphatic rings. The van der Waals surface area contributed by atoms with Crippen LogP contribution < -0.4 is 10.1 Å². The highest BCUT2D eigenvalue weighted by Crippen LogP contribution is 2.59. The molecule has 0 radical (unpaired) electrons. The predicted octanol–water partition coefficient (Wildman–Crippen LogP) is 3.95. The van der Waals surface area contributed by atoms with Crippen molar-refractivity contribution in [3.63, 3.8) is 0 Å². The Balaban J connectivity index is 1.38. The molecule has 2 atom stereocenters. The van der Waals surface area contributed by atoms with Gasteiger partial charge in [-0.2, -0.15) is 0 Å². The molecule has 2 aliphatic carbocycles. The number of carbonyl (C=O) groups excluding carboxylic acids is 3. The van der Waals surface area contributed by atoms with Gasteiger partial charge in [0.15, 0.2) is 5.71 Å². The number of ether oxygens (including phenoxy) is 3. The first-order valence-corrected chi connectivity index (χ1v) is 12.0. The maximum absolute atomic E-state index is 12.9. The fraction of sp³-hybridized carbons (Fsp3) is 0.407. The molecule has 190 valence electrons. The summed E-state index contributed by atoms with van der Waals surface area (Å²) >= 11 is 0. The Morgan fingerprint density at radius 2 is 1.86 bits per heavy atom. The zero-order valence-electron chi connectivity index (χ0n) is 20.4. The van der Waals surface area contributed by atoms with E-state index in [-0.39, 0.29) is 18.9 Å². The lowest BCUT2D eigenvalue weighted by atomic mass is 10.0. The highest BCUT2D eigenvalue weighted by molar-refractivity contribution is 6.47. The number of nitrogens with one attached hydrogen (secondary N) is 1. The third-order valence-corrected chi connectivity index (χ3v) is 6.31. The van der Waals surface area contributed by atoms with Gasteiger partial charge in [0.1, 0.15) is 19.5 Å². The zero-order valence-corrected chi connectivity index (χ0v) is 20.4. The minimum Gasteiger partial charge on any atom is -0.489 e. The number of amides is 1. The highest BCUT2D eigenvalue weighted by atomic mass is 16.7. The molecule has 0 saturated heterocycles. The lowest BCUT2D eigenvalue weighted by Crippen LogP contribution is -2.35. The number of esters is 1. The van der Waals surface area contributed by atoms with Gasteiger partial charge in [0.05, 0.1) is 6.54 Å². The van der Waals surface area contributed by atoms with Gasteiger partial charge in [-0.15, -0.1) is 0 Å². The van der Waals surface area contributed by atoms with Crippen molar-refractivity contribution >= 4 is 23.6 Å². The number of Topliss-reactive ketones (excluding diaryl/α,β-unsaturated/α-hetero) is 1. The highest BCUT2D eigenvalue weighted by Gasteiger charge is 2.47. The van der Waals surface area contributed by atoms with Gasteiger partial charge in [-0.1, -0.05) is 41.6 Å². The van der Waals surface area contributed by atoms with Crippen molar-refractivity contribution < 1.29 is 33.4 Å². The maximum atomic E-state index is 12.9. The first kappa shape index (κ1) is 25.2. The number of oxime groups is 1. The number of ketones is 1. The molecule has 0 bridgehead atoms. The van der Waals surface area contributed by atoms with Gasteiger partial charge in [0, 0.05) is 12.5 Å². The Hall–Kier alpha value is -3.88. The average Bonchev–Trinajstić information content (AvgIpc) is 3.78. The maximum Gasteiger partial charge on any atom is 0.410 e. The van der Waals surface area contributed by atoms with Crippen LogP contribution in [-0.2, 0) is 30.5 Å². The zero-order chi connectivity index (χ0) is 25.5. The van der Waals surface area contributed by atoms with Crippen molar-refractivity contribution in [1.29, 1.82) is 0 Å². The van der Waals surface area contributed by atoms with E-state index >= 15 is 0 Å². The van der Waals surface area contributed by atoms with E-state index in [2.05, 4.69) is 32.1 Å². The second kappa shape index (κ2) is 11.7. The van der Waals surface area contributed by atoms with Gasteiger partial charge < -0.3 is 24.4 Å². The summed E-state index contributed by atoms with van der Waals surface area (Å²) in [5.41, 5.74) is 2.63. The van der Waals surface area contributed by atoms with E-state index in [9.17, 15) is 14.4 Å². The van der Waals surface area contributed by atoms with E-state index < -0.39 is 24.6 Å². The molecule has 0 heterocycles. The van der Waals surface area contributed by atoms with Crippen LogP contribution in [0, 0.1) is 11.8 Å². The molecule has 9 nitrogen and oxygen atoms in total. The summed E-state index contributed by atoms with van der Waals surface area (Å²) in [5, 5.41) is 6.21. The van der Waals surface area contributed by atoms with Crippen molar-refractivity contribution in [2.45, 2.75) is 38.7 Å². The summed E-state index contributed by atoms with van der Waals surface area (Å²) in [6.45, 7) is 0.484. The quantitative estimate of drug-likeness (QED) is 0.206. The Bertz CT molecular complexity index is 1140. The molecule has 1 amide bonds. The fourth-order valence-corrected chi connectivity index (χ4v) is 4.31. The van der Waals surface area contributed by atoms with Crippen LogP contribution in [0.15, 0.2) is 53.7 Å². The molecule has 4 rings (SSSR count). The molecule has 0 aliphatic heterocycles. The Labute approximate surface area is 209 Å². The van der Waals surface area contributed by atoms with Crippen molar-refractivity contribution in [2.75, 3.05) is 20.4 Å². The third kappa shape index (κ3) is 6.84. The molecule has 2 saturated carbocycles. The lowest BCUT2D eigenvalue weighted by molar-refractivity contribution is -0.149. The Morgan fingerprint density at radius 3 is 2.61 bits per heavy atom. The number of alkyl carbamates (subject to hydrolysis) is 1. The summed E-state index contributed by atoms with van der Waals surface area (Å²) in [4.78, 5) is 40.3. The van der Waals surface area contributed by atoms with Crippen LogP contribution in [0.4, 0.5) is 4.79 Å². The molecule has 2 aromatic rings. The number of benzene rings is 2. The lowest BCUT2D eigenvalue weighted by Gasteiger charge is -2.13. The van der Waals surface area contributed by atoms with Crippen LogP contribution in [0.5, 0.6) is 5.75 Å². The molecular weight excluding hydrogens is 464 g/mol. The van der Waals surface area contributed by atoms with Crippen molar-refractivity contribution in [3.05, 3.63) is 65.2 Å². The summed E-state index contributed by atoms with van der Waals surface area (Å²) in [6.07, 6.45) is 3.09. The van der Waals surface area contributed by atoms with Crippen molar-refractivity contribution in [2.24, 2.45) is 17.0 Å². The van der Waals surface area contributed by atoms with Gasteiger partial charge in [-0.3, -0.25) is 9.59 Å². The molecule has 36 heavy (non-hydrogen) atoms. The smallest absolute Gasteiger partial charge is 0.410 e. The van der Waals surface area contributed by atoms with Crippen molar-refractivity contribution in [3.8, 4) is 5.75 Å². The number of carbonyl (C=O) groups is 3. The second-order valence-corrected chi connectivity index (χ2v) is 8.95. The molecule has 1 N–H and O–H groups in total. The average molecular weight is 495 g/mol. The summed E-state index contributed by atoms with van der Waals surface area (Å²) < 4.78 is 15.3. The van der Waals surface area contributed by atoms with E-state index in [1.54, 1.807) is 12.1 Å². The van der Waals surface area contributed by atoms with Crippen LogP contribution in [0.2, 0.25) is 0 Å². The van der Waals surface area contributed by atoms with E-state index in [1.165, 1.54) is 38.9 Å². The third-order valence-electron chi connectivity index (χ3n) is 6.31. The number of rotatable bonds is 12. The van der Waals surface area contributed by atoms with Gasteiger partial charge in [-0.05, 0) is 60.3 Å². The van der Waals surface area contributed by atoms with Crippen LogP contribution in [0.3, 0.4) is 0 Å². The first-order chi connectivity index (χ1) is 17.5. The standard InChI is InChI=1S/C27H30N2O7/c1-17(30)35-16-36-27(32)28-14-25(31)26(29-33-2)22-9-4-3-6-20(22)15-34-21-8-5-7-19(12-21)24-13-23(24)18-10-11-18/h3-9,12,18,23-24H,10-11,13-16H2,1-2H3,(H,28,32). The molecule has 2 fully saturated rings. The number of nitrogens with zero attached hydrogens (tertiary/aromatic N) is 1. The normalized spacial score (nSPS) is 18.7. The van der Waals surface area contributed by atoms with Crippen LogP contribution >= 0.6 is 0 Å². The van der Waals surface area contributed by atoms with Gasteiger partial charge in [-0.25, -0.2) is 4.79 Å². The predicted molar refractivity (Wildman–Crippen MR) is 130 cm³/mol. The second-order valence-electron chi connectivity index (χ2n) is 8.95. The molecule has 2 aromatic carbocycles. The minimum absolute atomic E-state index is 0.0380. The Morgan fingerprint density at radius 1 is 1.06 bits per heavy atom. The van der Waals surface area contributed by atoms with Gasteiger partial charge in [0.2, 0.25) is 12.6 Å². The van der Waals surface area contributed by atoms with Gasteiger partial charge in [0.25, 0.3) is 0 Å². The Kier molecular flexibility index (Phi) is 8.20. The van der Waals surface area contributed by atoms with Crippen LogP contribution in [0.1, 0.15) is 48.8 Å². The van der Waals surface area contributed by atoms with E-state index in [4.69, 9.17) is 9.57 Å². The van der Waals surface area contributed by atoms with E-state index in [0.717, 1.165) is 23.1 Å². The molecule has 2 unspecified atom stereocenters. The summed E-state index contributed by atoms with van der Waals surface area (Å²) in [6, 6.07) is 15.5. The van der Waals surface area contributed by atoms with Gasteiger partial charge >= 0.3 is 12.1 Å². The minimum atomic E-state index is -0.905. The molecular formula is C27H30N2O7. The van der Waals surface area contributed by atoms with Crippen LogP contribution in [-0.4, -0.2) is 44.0 Å². The molecule has 0 spiro atoms. The fourth-order valence-electron chi connectivity index (χ4n) is 4.31. The molecule has 9 heteroatoms. The molecule has 0 aromatic heterocycles.